The van der Waals surface area contributed by atoms with Crippen molar-refractivity contribution in [1.82, 2.24) is 4.98 Å². The van der Waals surface area contributed by atoms with Gasteiger partial charge in [0, 0.05) is 0 Å². The summed E-state index contributed by atoms with van der Waals surface area (Å²) in [7, 11) is 0. The first-order valence-corrected chi connectivity index (χ1v) is 8.30. The third kappa shape index (κ3) is 3.81. The van der Waals surface area contributed by atoms with Gasteiger partial charge in [-0.3, -0.25) is 4.79 Å². The number of rotatable bonds is 5. The van der Waals surface area contributed by atoms with E-state index < -0.39 is 5.97 Å². The zero-order valence-corrected chi connectivity index (χ0v) is 13.2. The van der Waals surface area contributed by atoms with Crippen LogP contribution in [0.1, 0.15) is 20.9 Å². The Hall–Kier alpha value is -1.89. The Bertz CT molecular complexity index is 730. The van der Waals surface area contributed by atoms with E-state index in [0.717, 1.165) is 11.3 Å². The Balaban J connectivity index is 1.94. The lowest BCUT2D eigenvalue weighted by Crippen LogP contribution is -2.13. The van der Waals surface area contributed by atoms with E-state index in [4.69, 9.17) is 10.4 Å². The lowest BCUT2D eigenvalue weighted by molar-refractivity contribution is -0.113. The molecule has 0 aliphatic heterocycles. The molecule has 0 saturated heterocycles. The number of nitrogens with zero attached hydrogens (tertiary/aromatic N) is 2. The van der Waals surface area contributed by atoms with Gasteiger partial charge in [0.1, 0.15) is 15.9 Å². The van der Waals surface area contributed by atoms with E-state index >= 15 is 0 Å². The van der Waals surface area contributed by atoms with Gasteiger partial charge in [0.2, 0.25) is 5.91 Å². The molecule has 2 N–H and O–H groups in total. The zero-order valence-electron chi connectivity index (χ0n) is 10.7. The molecule has 0 fully saturated rings. The van der Waals surface area contributed by atoms with Gasteiger partial charge in [-0.1, -0.05) is 11.8 Å². The molecule has 0 aliphatic carbocycles. The zero-order chi connectivity index (χ0) is 15.4. The van der Waals surface area contributed by atoms with Crippen molar-refractivity contribution in [3.05, 3.63) is 27.6 Å². The topological polar surface area (TPSA) is 103 Å². The summed E-state index contributed by atoms with van der Waals surface area (Å²) in [5.41, 5.74) is 0.872. The Morgan fingerprint density at radius 3 is 2.95 bits per heavy atom. The van der Waals surface area contributed by atoms with Crippen LogP contribution in [0.15, 0.2) is 15.8 Å². The van der Waals surface area contributed by atoms with E-state index in [9.17, 15) is 9.59 Å². The Kier molecular flexibility index (Phi) is 4.95. The molecule has 108 valence electrons. The number of hydrogen-bond donors (Lipinski definition) is 2. The summed E-state index contributed by atoms with van der Waals surface area (Å²) in [4.78, 5) is 27.0. The first-order valence-electron chi connectivity index (χ1n) is 5.62. The number of thiophene rings is 1. The van der Waals surface area contributed by atoms with Crippen LogP contribution in [0.5, 0.6) is 0 Å². The molecule has 0 spiro atoms. The average Bonchev–Trinajstić information content (AvgIpc) is 3.02. The van der Waals surface area contributed by atoms with E-state index in [0.29, 0.717) is 20.6 Å². The number of hydrogen-bond acceptors (Lipinski definition) is 7. The van der Waals surface area contributed by atoms with Crippen LogP contribution in [0.3, 0.4) is 0 Å². The smallest absolute Gasteiger partial charge is 0.347 e. The van der Waals surface area contributed by atoms with Crippen molar-refractivity contribution < 1.29 is 14.7 Å². The summed E-state index contributed by atoms with van der Waals surface area (Å²) in [5.74, 6) is -1.17. The standard InChI is InChI=1S/C12H9N3O3S3/c1-6-9(11(17)18)21-12(14-6)20-5-8(16)15-10-7(4-13)2-3-19-10/h2-3H,5H2,1H3,(H,15,16)(H,17,18). The largest absolute Gasteiger partial charge is 0.477 e. The van der Waals surface area contributed by atoms with E-state index in [1.165, 1.54) is 23.1 Å². The van der Waals surface area contributed by atoms with Crippen LogP contribution in [0, 0.1) is 18.3 Å². The number of nitriles is 1. The summed E-state index contributed by atoms with van der Waals surface area (Å²) in [5, 5.41) is 22.7. The van der Waals surface area contributed by atoms with Crippen molar-refractivity contribution in [2.75, 3.05) is 11.1 Å². The van der Waals surface area contributed by atoms with Crippen molar-refractivity contribution in [3.8, 4) is 6.07 Å². The monoisotopic (exact) mass is 339 g/mol. The van der Waals surface area contributed by atoms with E-state index in [1.54, 1.807) is 18.4 Å². The lowest BCUT2D eigenvalue weighted by Gasteiger charge is -2.01. The summed E-state index contributed by atoms with van der Waals surface area (Å²) < 4.78 is 0.534. The molecule has 9 heteroatoms. The van der Waals surface area contributed by atoms with Gasteiger partial charge in [-0.05, 0) is 18.4 Å². The van der Waals surface area contributed by atoms with Gasteiger partial charge in [-0.15, -0.1) is 22.7 Å². The van der Waals surface area contributed by atoms with Gasteiger partial charge in [-0.25, -0.2) is 9.78 Å². The minimum absolute atomic E-state index is 0.106. The van der Waals surface area contributed by atoms with Crippen molar-refractivity contribution >= 4 is 51.3 Å². The van der Waals surface area contributed by atoms with Crippen LogP contribution >= 0.6 is 34.4 Å². The average molecular weight is 339 g/mol. The van der Waals surface area contributed by atoms with Crippen LogP contribution in [-0.4, -0.2) is 27.7 Å². The predicted octanol–water partition coefficient (Wildman–Crippen LogP) is 2.81. The van der Waals surface area contributed by atoms with Crippen molar-refractivity contribution in [3.63, 3.8) is 0 Å². The van der Waals surface area contributed by atoms with Gasteiger partial charge in [-0.2, -0.15) is 5.26 Å². The van der Waals surface area contributed by atoms with E-state index in [2.05, 4.69) is 10.3 Å². The maximum Gasteiger partial charge on any atom is 0.347 e. The number of aryl methyl sites for hydroxylation is 1. The first-order chi connectivity index (χ1) is 10.0. The van der Waals surface area contributed by atoms with Crippen molar-refractivity contribution in [2.24, 2.45) is 0 Å². The Morgan fingerprint density at radius 1 is 1.57 bits per heavy atom. The highest BCUT2D eigenvalue weighted by Crippen LogP contribution is 2.28. The fraction of sp³-hybridized carbons (Fsp3) is 0.167. The molecule has 0 radical (unpaired) electrons. The Labute approximate surface area is 132 Å². The number of aromatic nitrogens is 1. The number of anilines is 1. The van der Waals surface area contributed by atoms with Gasteiger partial charge >= 0.3 is 5.97 Å². The van der Waals surface area contributed by atoms with Crippen molar-refractivity contribution in [1.29, 1.82) is 5.26 Å². The molecule has 0 bridgehead atoms. The maximum atomic E-state index is 11.8. The highest BCUT2D eigenvalue weighted by Gasteiger charge is 2.15. The van der Waals surface area contributed by atoms with Gasteiger partial charge in [0.15, 0.2) is 4.34 Å². The number of carbonyl (C=O) groups excluding carboxylic acids is 1. The Morgan fingerprint density at radius 2 is 2.33 bits per heavy atom. The second-order valence-corrected chi connectivity index (χ2v) is 6.95. The highest BCUT2D eigenvalue weighted by atomic mass is 32.2. The molecular formula is C12H9N3O3S3. The SMILES string of the molecule is Cc1nc(SCC(=O)Nc2sccc2C#N)sc1C(=O)O. The number of carboxylic acid groups (broad SMARTS) is 1. The van der Waals surface area contributed by atoms with Crippen molar-refractivity contribution in [2.45, 2.75) is 11.3 Å². The molecule has 2 rings (SSSR count). The maximum absolute atomic E-state index is 11.8. The first kappa shape index (κ1) is 15.5. The predicted molar refractivity (Wildman–Crippen MR) is 82.2 cm³/mol. The number of thioether (sulfide) groups is 1. The van der Waals surface area contributed by atoms with Gasteiger partial charge < -0.3 is 10.4 Å². The molecule has 0 saturated carbocycles. The fourth-order valence-electron chi connectivity index (χ4n) is 1.42. The molecule has 0 aliphatic rings. The van der Waals surface area contributed by atoms with E-state index in [-0.39, 0.29) is 16.5 Å². The second kappa shape index (κ2) is 6.71. The third-order valence-electron chi connectivity index (χ3n) is 2.34. The van der Waals surface area contributed by atoms with Gasteiger partial charge in [0.25, 0.3) is 0 Å². The number of aromatic carboxylic acids is 1. The van der Waals surface area contributed by atoms with Gasteiger partial charge in [0.05, 0.1) is 17.0 Å². The molecule has 0 aromatic carbocycles. The third-order valence-corrected chi connectivity index (χ3v) is 5.45. The second-order valence-electron chi connectivity index (χ2n) is 3.81. The van der Waals surface area contributed by atoms with Crippen LogP contribution in [0.2, 0.25) is 0 Å². The number of thiazole rings is 1. The number of carbonyl (C=O) groups is 2. The summed E-state index contributed by atoms with van der Waals surface area (Å²) in [6.45, 7) is 1.62. The minimum Gasteiger partial charge on any atom is -0.477 e. The quantitative estimate of drug-likeness (QED) is 0.812. The molecule has 1 amide bonds. The molecular weight excluding hydrogens is 330 g/mol. The molecule has 0 atom stereocenters. The molecule has 2 heterocycles. The molecule has 2 aromatic rings. The molecule has 2 aromatic heterocycles. The lowest BCUT2D eigenvalue weighted by atomic mass is 10.3. The van der Waals surface area contributed by atoms with Crippen LogP contribution in [0.4, 0.5) is 5.00 Å². The number of nitrogens with one attached hydrogen (secondary N) is 1. The van der Waals surface area contributed by atoms with Crippen LogP contribution in [0.25, 0.3) is 0 Å². The highest BCUT2D eigenvalue weighted by molar-refractivity contribution is 8.01. The normalized spacial score (nSPS) is 10.1. The summed E-state index contributed by atoms with van der Waals surface area (Å²) in [6, 6.07) is 3.63. The van der Waals surface area contributed by atoms with Crippen LogP contribution < -0.4 is 5.32 Å². The molecule has 0 unspecified atom stereocenters. The van der Waals surface area contributed by atoms with Crippen LogP contribution in [-0.2, 0) is 4.79 Å². The molecule has 6 nitrogen and oxygen atoms in total. The minimum atomic E-state index is -1.02. The van der Waals surface area contributed by atoms with E-state index in [1.807, 2.05) is 6.07 Å². The fourth-order valence-corrected chi connectivity index (χ4v) is 4.00. The summed E-state index contributed by atoms with van der Waals surface area (Å²) >= 11 is 3.50. The summed E-state index contributed by atoms with van der Waals surface area (Å²) in [6.07, 6.45) is 0. The number of carboxylic acids is 1. The number of amides is 1. The molecule has 21 heavy (non-hydrogen) atoms.